The second-order valence-corrected chi connectivity index (χ2v) is 7.22. The molecule has 0 radical (unpaired) electrons. The SMILES string of the molecule is CCC1(CC)CCN(C(C)CC(C)(C#N)NC(C)C)C1. The number of nitriles is 1. The maximum absolute atomic E-state index is 9.49. The zero-order chi connectivity index (χ0) is 15.4. The van der Waals surface area contributed by atoms with E-state index in [1.807, 2.05) is 6.92 Å². The third kappa shape index (κ3) is 4.20. The fraction of sp³-hybridized carbons (Fsp3) is 0.941. The van der Waals surface area contributed by atoms with Gasteiger partial charge in [0.15, 0.2) is 0 Å². The lowest BCUT2D eigenvalue weighted by atomic mass is 9.82. The molecule has 2 atom stereocenters. The molecule has 3 nitrogen and oxygen atoms in total. The molecule has 116 valence electrons. The Morgan fingerprint density at radius 2 is 1.90 bits per heavy atom. The molecule has 0 amide bonds. The molecule has 1 fully saturated rings. The van der Waals surface area contributed by atoms with Crippen LogP contribution in [-0.4, -0.2) is 35.6 Å². The molecule has 0 saturated carbocycles. The van der Waals surface area contributed by atoms with Crippen LogP contribution in [0.4, 0.5) is 0 Å². The highest BCUT2D eigenvalue weighted by Crippen LogP contribution is 2.38. The summed E-state index contributed by atoms with van der Waals surface area (Å²) in [7, 11) is 0. The van der Waals surface area contributed by atoms with Crippen molar-refractivity contribution in [3.63, 3.8) is 0 Å². The molecule has 0 aromatic carbocycles. The first-order valence-corrected chi connectivity index (χ1v) is 8.23. The average molecular weight is 279 g/mol. The number of nitrogens with one attached hydrogen (secondary N) is 1. The summed E-state index contributed by atoms with van der Waals surface area (Å²) >= 11 is 0. The average Bonchev–Trinajstić information content (AvgIpc) is 2.83. The van der Waals surface area contributed by atoms with Crippen LogP contribution in [0.5, 0.6) is 0 Å². The van der Waals surface area contributed by atoms with E-state index in [1.165, 1.54) is 32.4 Å². The van der Waals surface area contributed by atoms with Crippen LogP contribution in [0.1, 0.15) is 67.2 Å². The summed E-state index contributed by atoms with van der Waals surface area (Å²) in [5.74, 6) is 0. The van der Waals surface area contributed by atoms with Crippen molar-refractivity contribution in [3.05, 3.63) is 0 Å². The van der Waals surface area contributed by atoms with Crippen molar-refractivity contribution in [2.24, 2.45) is 5.41 Å². The van der Waals surface area contributed by atoms with Gasteiger partial charge in [0, 0.05) is 18.6 Å². The van der Waals surface area contributed by atoms with Crippen LogP contribution >= 0.6 is 0 Å². The summed E-state index contributed by atoms with van der Waals surface area (Å²) in [5.41, 5.74) is 0.0973. The van der Waals surface area contributed by atoms with E-state index < -0.39 is 5.54 Å². The smallest absolute Gasteiger partial charge is 0.105 e. The van der Waals surface area contributed by atoms with Gasteiger partial charge in [-0.05, 0) is 65.3 Å². The minimum atomic E-state index is -0.419. The van der Waals surface area contributed by atoms with Gasteiger partial charge in [-0.3, -0.25) is 10.2 Å². The van der Waals surface area contributed by atoms with E-state index >= 15 is 0 Å². The fourth-order valence-corrected chi connectivity index (χ4v) is 3.67. The minimum absolute atomic E-state index is 0.343. The molecule has 20 heavy (non-hydrogen) atoms. The van der Waals surface area contributed by atoms with Crippen LogP contribution in [-0.2, 0) is 0 Å². The number of rotatable bonds is 7. The molecule has 0 aliphatic carbocycles. The van der Waals surface area contributed by atoms with Crippen molar-refractivity contribution in [2.75, 3.05) is 13.1 Å². The Kier molecular flexibility index (Phi) is 6.04. The van der Waals surface area contributed by atoms with Crippen molar-refractivity contribution in [2.45, 2.75) is 84.8 Å². The van der Waals surface area contributed by atoms with E-state index in [4.69, 9.17) is 0 Å². The van der Waals surface area contributed by atoms with Crippen LogP contribution < -0.4 is 5.32 Å². The molecule has 2 unspecified atom stereocenters. The Labute approximate surface area is 125 Å². The minimum Gasteiger partial charge on any atom is -0.300 e. The lowest BCUT2D eigenvalue weighted by molar-refractivity contribution is 0.175. The Morgan fingerprint density at radius 1 is 1.30 bits per heavy atom. The molecule has 0 spiro atoms. The lowest BCUT2D eigenvalue weighted by Crippen LogP contribution is -2.49. The van der Waals surface area contributed by atoms with Crippen LogP contribution in [0, 0.1) is 16.7 Å². The number of hydrogen-bond acceptors (Lipinski definition) is 3. The van der Waals surface area contributed by atoms with Gasteiger partial charge in [-0.25, -0.2) is 0 Å². The molecule has 3 heteroatoms. The largest absolute Gasteiger partial charge is 0.300 e. The summed E-state index contributed by atoms with van der Waals surface area (Å²) in [5, 5.41) is 12.9. The van der Waals surface area contributed by atoms with Crippen LogP contribution in [0.25, 0.3) is 0 Å². The Hall–Kier alpha value is -0.590. The molecule has 1 heterocycles. The molecule has 0 aromatic heterocycles. The van der Waals surface area contributed by atoms with E-state index in [0.29, 0.717) is 17.5 Å². The maximum atomic E-state index is 9.49. The topological polar surface area (TPSA) is 39.1 Å². The van der Waals surface area contributed by atoms with E-state index in [1.54, 1.807) is 0 Å². The Balaban J connectivity index is 2.63. The number of likely N-dealkylation sites (tertiary alicyclic amines) is 1. The van der Waals surface area contributed by atoms with Crippen LogP contribution in [0.3, 0.4) is 0 Å². The van der Waals surface area contributed by atoms with Gasteiger partial charge < -0.3 is 0 Å². The first kappa shape index (κ1) is 17.5. The second-order valence-electron chi connectivity index (χ2n) is 7.22. The first-order valence-electron chi connectivity index (χ1n) is 8.23. The molecular formula is C17H33N3. The van der Waals surface area contributed by atoms with Crippen molar-refractivity contribution < 1.29 is 0 Å². The molecule has 1 rings (SSSR count). The summed E-state index contributed by atoms with van der Waals surface area (Å²) in [6.07, 6.45) is 4.75. The van der Waals surface area contributed by atoms with Gasteiger partial charge in [-0.2, -0.15) is 5.26 Å². The molecule has 1 saturated heterocycles. The molecule has 1 aliphatic rings. The van der Waals surface area contributed by atoms with E-state index in [2.05, 4.69) is 50.9 Å². The summed E-state index contributed by atoms with van der Waals surface area (Å²) in [6.45, 7) is 15.5. The zero-order valence-electron chi connectivity index (χ0n) is 14.3. The highest BCUT2D eigenvalue weighted by molar-refractivity contribution is 5.06. The van der Waals surface area contributed by atoms with Gasteiger partial charge in [-0.1, -0.05) is 13.8 Å². The molecule has 1 aliphatic heterocycles. The molecule has 1 N–H and O–H groups in total. The lowest BCUT2D eigenvalue weighted by Gasteiger charge is -2.34. The summed E-state index contributed by atoms with van der Waals surface area (Å²) in [4.78, 5) is 2.59. The monoisotopic (exact) mass is 279 g/mol. The summed E-state index contributed by atoms with van der Waals surface area (Å²) in [6, 6.07) is 3.28. The molecule has 0 bridgehead atoms. The third-order valence-electron chi connectivity index (χ3n) is 5.15. The van der Waals surface area contributed by atoms with Crippen molar-refractivity contribution >= 4 is 0 Å². The van der Waals surface area contributed by atoms with Crippen molar-refractivity contribution in [1.82, 2.24) is 10.2 Å². The zero-order valence-corrected chi connectivity index (χ0v) is 14.3. The standard InChI is InChI=1S/C17H33N3/c1-7-17(8-2)9-10-20(13-17)15(5)11-16(6,12-18)19-14(3)4/h14-15,19H,7-11,13H2,1-6H3. The van der Waals surface area contributed by atoms with Gasteiger partial charge in [-0.15, -0.1) is 0 Å². The van der Waals surface area contributed by atoms with Gasteiger partial charge in [0.25, 0.3) is 0 Å². The normalized spacial score (nSPS) is 23.5. The predicted octanol–water partition coefficient (Wildman–Crippen LogP) is 3.56. The van der Waals surface area contributed by atoms with Crippen molar-refractivity contribution in [1.29, 1.82) is 5.26 Å². The predicted molar refractivity (Wildman–Crippen MR) is 85.6 cm³/mol. The van der Waals surface area contributed by atoms with Gasteiger partial charge in [0.05, 0.1) is 6.07 Å². The molecule has 0 aromatic rings. The molecular weight excluding hydrogens is 246 g/mol. The Morgan fingerprint density at radius 3 is 2.30 bits per heavy atom. The maximum Gasteiger partial charge on any atom is 0.105 e. The number of hydrogen-bond donors (Lipinski definition) is 1. The van der Waals surface area contributed by atoms with Gasteiger partial charge in [0.1, 0.15) is 5.54 Å². The van der Waals surface area contributed by atoms with Crippen LogP contribution in [0.15, 0.2) is 0 Å². The van der Waals surface area contributed by atoms with Gasteiger partial charge in [0.2, 0.25) is 0 Å². The van der Waals surface area contributed by atoms with E-state index in [0.717, 1.165) is 6.42 Å². The fourth-order valence-electron chi connectivity index (χ4n) is 3.67. The van der Waals surface area contributed by atoms with Crippen LogP contribution in [0.2, 0.25) is 0 Å². The summed E-state index contributed by atoms with van der Waals surface area (Å²) < 4.78 is 0. The van der Waals surface area contributed by atoms with Gasteiger partial charge >= 0.3 is 0 Å². The van der Waals surface area contributed by atoms with E-state index in [9.17, 15) is 5.26 Å². The van der Waals surface area contributed by atoms with E-state index in [-0.39, 0.29) is 0 Å². The highest BCUT2D eigenvalue weighted by Gasteiger charge is 2.38. The number of nitrogens with zero attached hydrogens (tertiary/aromatic N) is 2. The quantitative estimate of drug-likeness (QED) is 0.774. The van der Waals surface area contributed by atoms with Crippen molar-refractivity contribution in [3.8, 4) is 6.07 Å². The third-order valence-corrected chi connectivity index (χ3v) is 5.15. The highest BCUT2D eigenvalue weighted by atomic mass is 15.2. The first-order chi connectivity index (χ1) is 9.29. The second kappa shape index (κ2) is 6.91. The Bertz CT molecular complexity index is 341.